The molecule has 6 rings (SSSR count). The van der Waals surface area contributed by atoms with Gasteiger partial charge in [0, 0.05) is 42.5 Å². The molecule has 3 saturated heterocycles. The van der Waals surface area contributed by atoms with E-state index in [9.17, 15) is 5.26 Å². The van der Waals surface area contributed by atoms with E-state index in [-0.39, 0.29) is 20.6 Å². The number of nitriles is 1. The van der Waals surface area contributed by atoms with Crippen molar-refractivity contribution in [3.8, 4) is 22.9 Å². The largest absolute Gasteiger partial charge is 0.490 e. The van der Waals surface area contributed by atoms with Crippen molar-refractivity contribution in [2.75, 3.05) is 31.2 Å². The number of nitrogens with one attached hydrogen (secondary N) is 1. The van der Waals surface area contributed by atoms with Gasteiger partial charge in [0.2, 0.25) is 0 Å². The highest BCUT2D eigenvalue weighted by atomic mass is 16.5. The molecule has 8 heteroatoms. The average molecular weight is 392 g/mol. The zero-order valence-corrected chi connectivity index (χ0v) is 15.2. The summed E-state index contributed by atoms with van der Waals surface area (Å²) < 4.78 is 7.21. The van der Waals surface area contributed by atoms with E-state index in [0.717, 1.165) is 35.6 Å². The second kappa shape index (κ2) is 7.70. The second-order valence-corrected chi connectivity index (χ2v) is 7.23. The van der Waals surface area contributed by atoms with Crippen molar-refractivity contribution in [1.29, 1.82) is 5.26 Å². The van der Waals surface area contributed by atoms with Crippen LogP contribution in [0.1, 0.15) is 19.4 Å². The van der Waals surface area contributed by atoms with Crippen LogP contribution in [-0.2, 0) is 0 Å². The summed E-state index contributed by atoms with van der Waals surface area (Å²) in [6, 6.07) is 9.26. The molecule has 2 N–H and O–H groups in total. The number of piperazine rings is 1. The zero-order valence-electron chi connectivity index (χ0n) is 15.2. The lowest BCUT2D eigenvalue weighted by molar-refractivity contribution is 0.201. The van der Waals surface area contributed by atoms with Crippen LogP contribution in [0.3, 0.4) is 0 Å². The first-order valence-electron chi connectivity index (χ1n) is 9.37. The Balaban J connectivity index is 0.00000205. The number of hydrogen-bond acceptors (Lipinski definition) is 7. The number of rotatable bonds is 5. The first-order chi connectivity index (χ1) is 13.7. The molecule has 0 aromatic carbocycles. The van der Waals surface area contributed by atoms with Crippen LogP contribution in [0, 0.1) is 11.3 Å². The van der Waals surface area contributed by atoms with Gasteiger partial charge in [-0.2, -0.15) is 10.4 Å². The monoisotopic (exact) mass is 392 g/mol. The van der Waals surface area contributed by atoms with E-state index in [0.29, 0.717) is 23.4 Å². The molecular formula is C21H24N6O2. The summed E-state index contributed by atoms with van der Waals surface area (Å²) >= 11 is 0. The van der Waals surface area contributed by atoms with Crippen LogP contribution in [-0.4, -0.2) is 58.1 Å². The van der Waals surface area contributed by atoms with Gasteiger partial charge in [0.15, 0.2) is 0 Å². The highest BCUT2D eigenvalue weighted by Gasteiger charge is 2.36. The molecule has 0 aliphatic carbocycles. The number of aliphatic hydroxyl groups excluding tert-OH is 1. The minimum Gasteiger partial charge on any atom is -0.490 e. The minimum absolute atomic E-state index is 0. The molecule has 3 aromatic rings. The maximum Gasteiger partial charge on any atom is 0.138 e. The third-order valence-electron chi connectivity index (χ3n) is 5.37. The molecule has 0 radical (unpaired) electrons. The van der Waals surface area contributed by atoms with Crippen LogP contribution < -0.4 is 15.0 Å². The molecular weight excluding hydrogens is 368 g/mol. The number of aromatic nitrogens is 3. The molecule has 150 valence electrons. The van der Waals surface area contributed by atoms with Crippen LogP contribution >= 0.6 is 0 Å². The maximum absolute atomic E-state index is 9.45. The lowest BCUT2D eigenvalue weighted by Gasteiger charge is -2.48. The summed E-state index contributed by atoms with van der Waals surface area (Å²) in [5.74, 6) is 1.55. The maximum atomic E-state index is 9.45. The predicted octanol–water partition coefficient (Wildman–Crippen LogP) is 1.83. The van der Waals surface area contributed by atoms with Crippen LogP contribution in [0.2, 0.25) is 0 Å². The summed E-state index contributed by atoms with van der Waals surface area (Å²) in [5, 5.41) is 26.3. The van der Waals surface area contributed by atoms with E-state index in [2.05, 4.69) is 26.4 Å². The summed E-state index contributed by atoms with van der Waals surface area (Å²) in [6.07, 6.45) is 6.35. The smallest absolute Gasteiger partial charge is 0.138 e. The summed E-state index contributed by atoms with van der Waals surface area (Å²) in [5.41, 5.74) is 2.93. The Kier molecular flexibility index (Phi) is 5.09. The molecule has 2 atom stereocenters. The predicted molar refractivity (Wildman–Crippen MR) is 110 cm³/mol. The van der Waals surface area contributed by atoms with Crippen molar-refractivity contribution in [2.45, 2.75) is 25.9 Å². The molecule has 3 aliphatic rings. The quantitative estimate of drug-likeness (QED) is 0.683. The van der Waals surface area contributed by atoms with Crippen LogP contribution in [0.15, 0.2) is 36.8 Å². The standard InChI is InChI=1S/C20H20N6O2.CH4/c21-7-14-9-23-26-12-17(28-4-3-27)6-18(20(14)26)13-1-2-19(22-8-13)25-10-15-5-16(11-25)24-15;/h1-2,6,8-9,12,15-16,24,27H,3-5,10-11H2;1H4. The van der Waals surface area contributed by atoms with Gasteiger partial charge in [-0.15, -0.1) is 0 Å². The SMILES string of the molecule is C.N#Cc1cnn2cc(OCCO)cc(-c3ccc(N4CC5CC(C4)N5)nc3)c12. The lowest BCUT2D eigenvalue weighted by atomic mass is 9.91. The minimum atomic E-state index is -0.0706. The Morgan fingerprint density at radius 2 is 2.07 bits per heavy atom. The lowest BCUT2D eigenvalue weighted by Crippen LogP contribution is -2.67. The number of fused-ring (bicyclic) bond motifs is 3. The van der Waals surface area contributed by atoms with E-state index in [1.807, 2.05) is 24.4 Å². The van der Waals surface area contributed by atoms with Crippen molar-refractivity contribution in [3.63, 3.8) is 0 Å². The van der Waals surface area contributed by atoms with Crippen molar-refractivity contribution < 1.29 is 9.84 Å². The van der Waals surface area contributed by atoms with E-state index in [1.54, 1.807) is 16.9 Å². The Labute approximate surface area is 169 Å². The van der Waals surface area contributed by atoms with Gasteiger partial charge in [0.25, 0.3) is 0 Å². The molecule has 0 spiro atoms. The average Bonchev–Trinajstić information content (AvgIpc) is 3.14. The summed E-state index contributed by atoms with van der Waals surface area (Å²) in [4.78, 5) is 6.99. The first kappa shape index (κ1) is 19.2. The first-order valence-corrected chi connectivity index (χ1v) is 9.37. The Morgan fingerprint density at radius 1 is 1.28 bits per heavy atom. The van der Waals surface area contributed by atoms with E-state index in [1.165, 1.54) is 6.42 Å². The normalized spacial score (nSPS) is 19.9. The molecule has 2 bridgehead atoms. The molecule has 2 unspecified atom stereocenters. The number of pyridine rings is 2. The van der Waals surface area contributed by atoms with Gasteiger partial charge in [-0.05, 0) is 24.6 Å². The van der Waals surface area contributed by atoms with E-state index >= 15 is 0 Å². The molecule has 3 aliphatic heterocycles. The Morgan fingerprint density at radius 3 is 2.72 bits per heavy atom. The van der Waals surface area contributed by atoms with Crippen LogP contribution in [0.4, 0.5) is 5.82 Å². The van der Waals surface area contributed by atoms with Crippen LogP contribution in [0.25, 0.3) is 16.6 Å². The van der Waals surface area contributed by atoms with Gasteiger partial charge in [-0.25, -0.2) is 9.50 Å². The molecule has 6 heterocycles. The van der Waals surface area contributed by atoms with Crippen molar-refractivity contribution in [1.82, 2.24) is 19.9 Å². The molecule has 8 nitrogen and oxygen atoms in total. The van der Waals surface area contributed by atoms with Gasteiger partial charge in [0.1, 0.15) is 24.2 Å². The summed E-state index contributed by atoms with van der Waals surface area (Å²) in [7, 11) is 0. The number of anilines is 1. The van der Waals surface area contributed by atoms with Crippen molar-refractivity contribution >= 4 is 11.3 Å². The molecule has 3 fully saturated rings. The Bertz CT molecular complexity index is 1040. The number of piperidine rings is 1. The fourth-order valence-electron chi connectivity index (χ4n) is 4.07. The fraction of sp³-hybridized carbons (Fsp3) is 0.381. The van der Waals surface area contributed by atoms with Gasteiger partial charge in [-0.3, -0.25) is 0 Å². The van der Waals surface area contributed by atoms with Crippen molar-refractivity contribution in [3.05, 3.63) is 42.4 Å². The summed E-state index contributed by atoms with van der Waals surface area (Å²) in [6.45, 7) is 2.09. The Hall–Kier alpha value is -3.15. The van der Waals surface area contributed by atoms with E-state index < -0.39 is 0 Å². The topological polar surface area (TPSA) is 98.7 Å². The van der Waals surface area contributed by atoms with Gasteiger partial charge < -0.3 is 20.1 Å². The number of ether oxygens (including phenoxy) is 1. The molecule has 0 amide bonds. The molecule has 29 heavy (non-hydrogen) atoms. The zero-order chi connectivity index (χ0) is 19.1. The van der Waals surface area contributed by atoms with Crippen molar-refractivity contribution in [2.24, 2.45) is 0 Å². The number of nitrogens with zero attached hydrogens (tertiary/aromatic N) is 5. The highest BCUT2D eigenvalue weighted by Crippen LogP contribution is 2.32. The van der Waals surface area contributed by atoms with Crippen LogP contribution in [0.5, 0.6) is 5.75 Å². The number of aliphatic hydroxyl groups is 1. The molecule has 0 saturated carbocycles. The van der Waals surface area contributed by atoms with Gasteiger partial charge >= 0.3 is 0 Å². The second-order valence-electron chi connectivity index (χ2n) is 7.23. The fourth-order valence-corrected chi connectivity index (χ4v) is 4.07. The van der Waals surface area contributed by atoms with Gasteiger partial charge in [-0.1, -0.05) is 7.43 Å². The third kappa shape index (κ3) is 3.39. The van der Waals surface area contributed by atoms with Gasteiger partial charge in [0.05, 0.1) is 30.1 Å². The highest BCUT2D eigenvalue weighted by molar-refractivity contribution is 5.85. The van der Waals surface area contributed by atoms with E-state index in [4.69, 9.17) is 9.84 Å². The number of hydrogen-bond donors (Lipinski definition) is 2. The molecule has 3 aromatic heterocycles. The third-order valence-corrected chi connectivity index (χ3v) is 5.37.